The quantitative estimate of drug-likeness (QED) is 0.689. The summed E-state index contributed by atoms with van der Waals surface area (Å²) in [5, 5.41) is 13.9. The molecule has 0 amide bonds. The highest BCUT2D eigenvalue weighted by molar-refractivity contribution is 5.63. The van der Waals surface area contributed by atoms with Crippen molar-refractivity contribution in [2.45, 2.75) is 13.1 Å². The normalized spacial score (nSPS) is 14.5. The van der Waals surface area contributed by atoms with E-state index in [1.165, 1.54) is 5.56 Å². The first-order valence-electron chi connectivity index (χ1n) is 8.12. The van der Waals surface area contributed by atoms with Gasteiger partial charge in [-0.1, -0.05) is 18.2 Å². The van der Waals surface area contributed by atoms with Crippen LogP contribution in [0.1, 0.15) is 11.3 Å². The van der Waals surface area contributed by atoms with Crippen LogP contribution in [-0.2, 0) is 13.1 Å². The zero-order chi connectivity index (χ0) is 16.2. The summed E-state index contributed by atoms with van der Waals surface area (Å²) in [5.74, 6) is 0.856. The highest BCUT2D eigenvalue weighted by Gasteiger charge is 2.15. The summed E-state index contributed by atoms with van der Waals surface area (Å²) in [5.41, 5.74) is 4.54. The number of nitrogens with zero attached hydrogens (tertiary/aromatic N) is 3. The van der Waals surface area contributed by atoms with E-state index in [2.05, 4.69) is 36.8 Å². The zero-order valence-corrected chi connectivity index (χ0v) is 13.4. The van der Waals surface area contributed by atoms with Gasteiger partial charge >= 0.3 is 0 Å². The molecule has 0 aliphatic carbocycles. The summed E-state index contributed by atoms with van der Waals surface area (Å²) < 4.78 is 0. The van der Waals surface area contributed by atoms with Gasteiger partial charge in [0.2, 0.25) is 0 Å². The minimum absolute atomic E-state index is 0.856. The monoisotopic (exact) mass is 320 g/mol. The molecule has 1 aliphatic heterocycles. The van der Waals surface area contributed by atoms with Crippen LogP contribution in [0.25, 0.3) is 0 Å². The molecule has 1 aromatic carbocycles. The van der Waals surface area contributed by atoms with Crippen molar-refractivity contribution in [3.63, 3.8) is 0 Å². The molecule has 0 atom stereocenters. The van der Waals surface area contributed by atoms with Gasteiger partial charge < -0.3 is 10.6 Å². The lowest BCUT2D eigenvalue weighted by molar-refractivity contribution is 0.268. The fraction of sp³-hybridized carbons (Fsp3) is 0.222. The summed E-state index contributed by atoms with van der Waals surface area (Å²) >= 11 is 0. The van der Waals surface area contributed by atoms with Crippen molar-refractivity contribution >= 4 is 17.2 Å². The summed E-state index contributed by atoms with van der Waals surface area (Å²) in [6.45, 7) is 3.64. The van der Waals surface area contributed by atoms with E-state index in [0.29, 0.717) is 0 Å². The van der Waals surface area contributed by atoms with Crippen molar-refractivity contribution in [3.05, 3.63) is 66.1 Å². The maximum atomic E-state index is 4.56. The first-order valence-corrected chi connectivity index (χ1v) is 8.12. The van der Waals surface area contributed by atoms with Crippen molar-refractivity contribution in [2.75, 3.05) is 23.7 Å². The van der Waals surface area contributed by atoms with Gasteiger partial charge in [-0.05, 0) is 18.2 Å². The molecule has 0 radical (unpaired) electrons. The van der Waals surface area contributed by atoms with Gasteiger partial charge in [0, 0.05) is 67.3 Å². The second-order valence-electron chi connectivity index (χ2n) is 5.94. The first-order chi connectivity index (χ1) is 11.9. The van der Waals surface area contributed by atoms with Crippen molar-refractivity contribution < 1.29 is 0 Å². The third kappa shape index (κ3) is 3.38. The molecule has 0 saturated carbocycles. The molecule has 0 fully saturated rings. The van der Waals surface area contributed by atoms with Gasteiger partial charge in [-0.2, -0.15) is 5.10 Å². The molecule has 2 aromatic heterocycles. The van der Waals surface area contributed by atoms with Gasteiger partial charge in [0.1, 0.15) is 5.82 Å². The Labute approximate surface area is 140 Å². The van der Waals surface area contributed by atoms with Gasteiger partial charge in [0.05, 0.1) is 0 Å². The van der Waals surface area contributed by atoms with E-state index in [9.17, 15) is 0 Å². The molecule has 3 aromatic rings. The standard InChI is InChI=1S/C18H20N6/c1-2-4-15(5-3-1)22-18-10-17-14(11-20-18)12-24(9-8-19-17)13-16-6-7-21-23-16/h1-7,10-11,19H,8-9,12-13H2,(H,20,22)(H,21,23). The average Bonchev–Trinajstić information content (AvgIpc) is 3.02. The fourth-order valence-electron chi connectivity index (χ4n) is 2.93. The van der Waals surface area contributed by atoms with Gasteiger partial charge in [-0.3, -0.25) is 10.00 Å². The number of rotatable bonds is 4. The fourth-order valence-corrected chi connectivity index (χ4v) is 2.93. The van der Waals surface area contributed by atoms with Gasteiger partial charge in [-0.25, -0.2) is 4.98 Å². The third-order valence-electron chi connectivity index (χ3n) is 4.12. The summed E-state index contributed by atoms with van der Waals surface area (Å²) in [6.07, 6.45) is 3.75. The molecule has 3 heterocycles. The van der Waals surface area contributed by atoms with Crippen molar-refractivity contribution in [1.82, 2.24) is 20.1 Å². The number of aromatic nitrogens is 3. The summed E-state index contributed by atoms with van der Waals surface area (Å²) in [7, 11) is 0. The van der Waals surface area contributed by atoms with Gasteiger partial charge in [0.15, 0.2) is 0 Å². The molecule has 0 bridgehead atoms. The molecule has 1 aliphatic rings. The number of para-hydroxylation sites is 1. The highest BCUT2D eigenvalue weighted by atomic mass is 15.2. The lowest BCUT2D eigenvalue weighted by atomic mass is 10.2. The Balaban J connectivity index is 1.49. The Bertz CT molecular complexity index is 785. The van der Waals surface area contributed by atoms with Crippen LogP contribution in [0.15, 0.2) is 54.9 Å². The number of aromatic amines is 1. The zero-order valence-electron chi connectivity index (χ0n) is 13.4. The summed E-state index contributed by atoms with van der Waals surface area (Å²) in [6, 6.07) is 14.2. The number of hydrogen-bond acceptors (Lipinski definition) is 5. The third-order valence-corrected chi connectivity index (χ3v) is 4.12. The molecular formula is C18H20N6. The van der Waals surface area contributed by atoms with Crippen LogP contribution in [-0.4, -0.2) is 33.2 Å². The van der Waals surface area contributed by atoms with Crippen LogP contribution in [0.4, 0.5) is 17.2 Å². The van der Waals surface area contributed by atoms with Crippen LogP contribution >= 0.6 is 0 Å². The number of nitrogens with one attached hydrogen (secondary N) is 3. The molecule has 122 valence electrons. The molecule has 0 spiro atoms. The molecule has 0 unspecified atom stereocenters. The predicted molar refractivity (Wildman–Crippen MR) is 95.2 cm³/mol. The second kappa shape index (κ2) is 6.72. The molecule has 0 saturated heterocycles. The van der Waals surface area contributed by atoms with E-state index >= 15 is 0 Å². The van der Waals surface area contributed by atoms with E-state index in [-0.39, 0.29) is 0 Å². The Morgan fingerprint density at radius 1 is 1.17 bits per heavy atom. The maximum absolute atomic E-state index is 4.56. The Morgan fingerprint density at radius 2 is 2.08 bits per heavy atom. The molecule has 6 heteroatoms. The van der Waals surface area contributed by atoms with Crippen molar-refractivity contribution in [2.24, 2.45) is 0 Å². The number of fused-ring (bicyclic) bond motifs is 1. The Kier molecular flexibility index (Phi) is 4.12. The van der Waals surface area contributed by atoms with Crippen molar-refractivity contribution in [3.8, 4) is 0 Å². The van der Waals surface area contributed by atoms with Crippen LogP contribution in [0.5, 0.6) is 0 Å². The van der Waals surface area contributed by atoms with E-state index < -0.39 is 0 Å². The second-order valence-corrected chi connectivity index (χ2v) is 5.94. The molecular weight excluding hydrogens is 300 g/mol. The minimum atomic E-state index is 0.856. The first kappa shape index (κ1) is 14.7. The number of benzene rings is 1. The number of hydrogen-bond donors (Lipinski definition) is 3. The Hall–Kier alpha value is -2.86. The van der Waals surface area contributed by atoms with Crippen molar-refractivity contribution in [1.29, 1.82) is 0 Å². The molecule has 24 heavy (non-hydrogen) atoms. The van der Waals surface area contributed by atoms with E-state index in [4.69, 9.17) is 0 Å². The average molecular weight is 320 g/mol. The van der Waals surface area contributed by atoms with Crippen LogP contribution < -0.4 is 10.6 Å². The van der Waals surface area contributed by atoms with Crippen LogP contribution in [0.2, 0.25) is 0 Å². The SMILES string of the molecule is c1ccc(Nc2cc3c(cn2)CN(Cc2ccn[nH]2)CCN3)cc1. The highest BCUT2D eigenvalue weighted by Crippen LogP contribution is 2.24. The maximum Gasteiger partial charge on any atom is 0.132 e. The largest absolute Gasteiger partial charge is 0.383 e. The topological polar surface area (TPSA) is 68.9 Å². The predicted octanol–water partition coefficient (Wildman–Crippen LogP) is 2.98. The molecule has 6 nitrogen and oxygen atoms in total. The lowest BCUT2D eigenvalue weighted by Gasteiger charge is -2.18. The van der Waals surface area contributed by atoms with Crippen LogP contribution in [0, 0.1) is 0 Å². The minimum Gasteiger partial charge on any atom is -0.383 e. The van der Waals surface area contributed by atoms with Crippen LogP contribution in [0.3, 0.4) is 0 Å². The number of pyridine rings is 1. The van der Waals surface area contributed by atoms with E-state index in [1.54, 1.807) is 6.20 Å². The molecule has 4 rings (SSSR count). The number of anilines is 3. The Morgan fingerprint density at radius 3 is 2.92 bits per heavy atom. The lowest BCUT2D eigenvalue weighted by Crippen LogP contribution is -2.25. The van der Waals surface area contributed by atoms with Gasteiger partial charge in [-0.15, -0.1) is 0 Å². The van der Waals surface area contributed by atoms with Gasteiger partial charge in [0.25, 0.3) is 0 Å². The smallest absolute Gasteiger partial charge is 0.132 e. The number of H-pyrrole nitrogens is 1. The van der Waals surface area contributed by atoms with E-state index in [1.807, 2.05) is 42.6 Å². The summed E-state index contributed by atoms with van der Waals surface area (Å²) in [4.78, 5) is 6.95. The van der Waals surface area contributed by atoms with E-state index in [0.717, 1.165) is 49.1 Å². The molecule has 3 N–H and O–H groups in total.